The maximum atomic E-state index is 13.9. The van der Waals surface area contributed by atoms with Crippen molar-refractivity contribution in [1.29, 1.82) is 0 Å². The second kappa shape index (κ2) is 17.2. The number of piperazine rings is 1. The molecule has 0 bridgehead atoms. The molecule has 0 radical (unpaired) electrons. The molecule has 0 aliphatic carbocycles. The second-order valence-corrected chi connectivity index (χ2v) is 11.9. The summed E-state index contributed by atoms with van der Waals surface area (Å²) in [5, 5.41) is 0.586. The lowest BCUT2D eigenvalue weighted by Gasteiger charge is -2.38. The highest BCUT2D eigenvalue weighted by Crippen LogP contribution is 2.28. The van der Waals surface area contributed by atoms with E-state index in [0.29, 0.717) is 54.3 Å². The molecule has 1 unspecified atom stereocenters. The quantitative estimate of drug-likeness (QED) is 0.151. The van der Waals surface area contributed by atoms with Crippen LogP contribution in [0, 0.1) is 0 Å². The largest absolute Gasteiger partial charge is 0.492 e. The zero-order chi connectivity index (χ0) is 30.4. The molecule has 1 aliphatic heterocycles. The maximum absolute atomic E-state index is 13.9. The summed E-state index contributed by atoms with van der Waals surface area (Å²) in [6.07, 6.45) is 14.8. The molecule has 234 valence electrons. The molecule has 0 spiro atoms. The fraction of sp³-hybridized carbons (Fsp3) is 0.583. The number of amides is 1. The minimum absolute atomic E-state index is 0.0969. The third-order valence-corrected chi connectivity index (χ3v) is 8.79. The highest BCUT2D eigenvalue weighted by Gasteiger charge is 2.28. The lowest BCUT2D eigenvalue weighted by molar-refractivity contribution is -0.133. The average molecular weight is 589 g/mol. The van der Waals surface area contributed by atoms with E-state index in [9.17, 15) is 9.59 Å². The van der Waals surface area contributed by atoms with Crippen molar-refractivity contribution in [2.24, 2.45) is 0 Å². The van der Waals surface area contributed by atoms with Gasteiger partial charge in [-0.1, -0.05) is 95.4 Å². The normalized spacial score (nSPS) is 14.7. The number of carbonyl (C=O) groups excluding carboxylic acids is 1. The van der Waals surface area contributed by atoms with E-state index >= 15 is 0 Å². The van der Waals surface area contributed by atoms with Crippen molar-refractivity contribution in [1.82, 2.24) is 19.4 Å². The van der Waals surface area contributed by atoms with Gasteiger partial charge in [0.25, 0.3) is 5.56 Å². The third kappa shape index (κ3) is 8.91. The Morgan fingerprint density at radius 2 is 1.42 bits per heavy atom. The SMILES string of the molecule is CCCCCCCCCCCCCC(=O)N1CCN(C(C)c2nc3ccccc3c(=O)n2-c2ccccc2OCC)CC1. The Morgan fingerprint density at radius 1 is 0.814 bits per heavy atom. The van der Waals surface area contributed by atoms with Crippen molar-refractivity contribution in [3.05, 3.63) is 64.7 Å². The first-order chi connectivity index (χ1) is 21.0. The number of hydrogen-bond acceptors (Lipinski definition) is 5. The molecule has 3 aromatic rings. The molecule has 1 atom stereocenters. The van der Waals surface area contributed by atoms with Crippen LogP contribution in [0.25, 0.3) is 16.6 Å². The van der Waals surface area contributed by atoms with E-state index < -0.39 is 0 Å². The predicted octanol–water partition coefficient (Wildman–Crippen LogP) is 7.69. The summed E-state index contributed by atoms with van der Waals surface area (Å²) in [5.41, 5.74) is 1.30. The van der Waals surface area contributed by atoms with Gasteiger partial charge in [-0.25, -0.2) is 4.98 Å². The van der Waals surface area contributed by atoms with Gasteiger partial charge in [0, 0.05) is 32.6 Å². The van der Waals surface area contributed by atoms with Crippen LogP contribution >= 0.6 is 0 Å². The summed E-state index contributed by atoms with van der Waals surface area (Å²) in [7, 11) is 0. The molecule has 2 heterocycles. The highest BCUT2D eigenvalue weighted by atomic mass is 16.5. The first-order valence-electron chi connectivity index (χ1n) is 16.8. The van der Waals surface area contributed by atoms with Crippen molar-refractivity contribution in [3.8, 4) is 11.4 Å². The van der Waals surface area contributed by atoms with E-state index in [1.54, 1.807) is 4.57 Å². The summed E-state index contributed by atoms with van der Waals surface area (Å²) < 4.78 is 7.64. The molecule has 2 aromatic carbocycles. The van der Waals surface area contributed by atoms with Crippen LogP contribution in [0.1, 0.15) is 110 Å². The number of benzene rings is 2. The topological polar surface area (TPSA) is 67.7 Å². The number of fused-ring (bicyclic) bond motifs is 1. The van der Waals surface area contributed by atoms with Gasteiger partial charge in [-0.3, -0.25) is 19.1 Å². The molecule has 0 saturated carbocycles. The van der Waals surface area contributed by atoms with Crippen LogP contribution in [-0.2, 0) is 4.79 Å². The van der Waals surface area contributed by atoms with Crippen molar-refractivity contribution >= 4 is 16.8 Å². The van der Waals surface area contributed by atoms with Gasteiger partial charge >= 0.3 is 0 Å². The van der Waals surface area contributed by atoms with Gasteiger partial charge in [0.05, 0.1) is 29.2 Å². The predicted molar refractivity (Wildman–Crippen MR) is 176 cm³/mol. The molecular formula is C36H52N4O3. The number of unbranched alkanes of at least 4 members (excludes halogenated alkanes) is 10. The van der Waals surface area contributed by atoms with Crippen LogP contribution in [0.2, 0.25) is 0 Å². The summed E-state index contributed by atoms with van der Waals surface area (Å²) in [6, 6.07) is 15.1. The van der Waals surface area contributed by atoms with E-state index in [4.69, 9.17) is 9.72 Å². The van der Waals surface area contributed by atoms with Gasteiger partial charge in [0.1, 0.15) is 11.6 Å². The number of nitrogens with zero attached hydrogens (tertiary/aromatic N) is 4. The fourth-order valence-electron chi connectivity index (χ4n) is 6.20. The lowest BCUT2D eigenvalue weighted by Crippen LogP contribution is -2.49. The fourth-order valence-corrected chi connectivity index (χ4v) is 6.20. The minimum Gasteiger partial charge on any atom is -0.492 e. The minimum atomic E-state index is -0.115. The van der Waals surface area contributed by atoms with Crippen LogP contribution < -0.4 is 10.3 Å². The zero-order valence-electron chi connectivity index (χ0n) is 26.7. The molecule has 0 N–H and O–H groups in total. The van der Waals surface area contributed by atoms with Gasteiger partial charge in [-0.15, -0.1) is 0 Å². The molecule has 1 aromatic heterocycles. The van der Waals surface area contributed by atoms with E-state index in [1.807, 2.05) is 60.4 Å². The van der Waals surface area contributed by atoms with Gasteiger partial charge in [-0.05, 0) is 44.5 Å². The van der Waals surface area contributed by atoms with Crippen LogP contribution in [0.3, 0.4) is 0 Å². The van der Waals surface area contributed by atoms with Gasteiger partial charge in [0.2, 0.25) is 5.91 Å². The Labute approximate surface area is 258 Å². The standard InChI is InChI=1S/C36H52N4O3/c1-4-6-7-8-9-10-11-12-13-14-15-24-34(41)39-27-25-38(26-28-39)29(3)35-37-31-21-17-16-20-30(31)36(42)40(35)32-22-18-19-23-33(32)43-5-2/h16-23,29H,4-15,24-28H2,1-3H3. The summed E-state index contributed by atoms with van der Waals surface area (Å²) in [5.74, 6) is 1.63. The Hall–Kier alpha value is -3.19. The van der Waals surface area contributed by atoms with Crippen LogP contribution in [0.4, 0.5) is 0 Å². The molecule has 7 heteroatoms. The first-order valence-corrected chi connectivity index (χ1v) is 16.8. The van der Waals surface area contributed by atoms with Gasteiger partial charge in [-0.2, -0.15) is 0 Å². The van der Waals surface area contributed by atoms with E-state index in [0.717, 1.165) is 25.9 Å². The Bertz CT molecular complexity index is 1350. The van der Waals surface area contributed by atoms with Gasteiger partial charge in [0.15, 0.2) is 0 Å². The Kier molecular flexibility index (Phi) is 13.1. The van der Waals surface area contributed by atoms with Crippen LogP contribution in [-0.4, -0.2) is 58.0 Å². The maximum Gasteiger partial charge on any atom is 0.266 e. The molecular weight excluding hydrogens is 536 g/mol. The third-order valence-electron chi connectivity index (χ3n) is 8.79. The van der Waals surface area contributed by atoms with Crippen LogP contribution in [0.15, 0.2) is 53.3 Å². The molecule has 4 rings (SSSR count). The number of carbonyl (C=O) groups is 1. The molecule has 43 heavy (non-hydrogen) atoms. The average Bonchev–Trinajstić information content (AvgIpc) is 3.04. The summed E-state index contributed by atoms with van der Waals surface area (Å²) in [4.78, 5) is 36.2. The molecule has 1 amide bonds. The van der Waals surface area contributed by atoms with Crippen molar-refractivity contribution < 1.29 is 9.53 Å². The van der Waals surface area contributed by atoms with E-state index in [-0.39, 0.29) is 17.5 Å². The smallest absolute Gasteiger partial charge is 0.266 e. The second-order valence-electron chi connectivity index (χ2n) is 11.9. The molecule has 7 nitrogen and oxygen atoms in total. The number of ether oxygens (including phenoxy) is 1. The number of aromatic nitrogens is 2. The number of rotatable bonds is 17. The Balaban J connectivity index is 1.33. The number of para-hydroxylation sites is 3. The zero-order valence-corrected chi connectivity index (χ0v) is 26.7. The first kappa shape index (κ1) is 32.7. The van der Waals surface area contributed by atoms with Crippen molar-refractivity contribution in [2.75, 3.05) is 32.8 Å². The summed E-state index contributed by atoms with van der Waals surface area (Å²) in [6.45, 7) is 9.73. The molecule has 1 saturated heterocycles. The van der Waals surface area contributed by atoms with Gasteiger partial charge < -0.3 is 9.64 Å². The number of hydrogen-bond donors (Lipinski definition) is 0. The highest BCUT2D eigenvalue weighted by molar-refractivity contribution is 5.78. The molecule has 1 aliphatic rings. The molecule has 1 fully saturated rings. The van der Waals surface area contributed by atoms with Crippen LogP contribution in [0.5, 0.6) is 5.75 Å². The van der Waals surface area contributed by atoms with E-state index in [1.165, 1.54) is 57.8 Å². The monoisotopic (exact) mass is 588 g/mol. The van der Waals surface area contributed by atoms with E-state index in [2.05, 4.69) is 18.7 Å². The summed E-state index contributed by atoms with van der Waals surface area (Å²) >= 11 is 0. The van der Waals surface area contributed by atoms with Crippen molar-refractivity contribution in [3.63, 3.8) is 0 Å². The Morgan fingerprint density at radius 3 is 2.09 bits per heavy atom. The van der Waals surface area contributed by atoms with Crippen molar-refractivity contribution in [2.45, 2.75) is 104 Å². The lowest BCUT2D eigenvalue weighted by atomic mass is 10.0.